The molecule has 0 aliphatic carbocycles. The van der Waals surface area contributed by atoms with Crippen LogP contribution >= 0.6 is 0 Å². The van der Waals surface area contributed by atoms with Gasteiger partial charge in [-0.3, -0.25) is 4.79 Å². The summed E-state index contributed by atoms with van der Waals surface area (Å²) in [4.78, 5) is 14.0. The van der Waals surface area contributed by atoms with Crippen molar-refractivity contribution >= 4 is 5.91 Å². The molecule has 1 heterocycles. The number of hydrogen-bond donors (Lipinski definition) is 0. The lowest BCUT2D eigenvalue weighted by Gasteiger charge is -2.38. The average Bonchev–Trinajstić information content (AvgIpc) is 2.37. The molecule has 0 radical (unpaired) electrons. The van der Waals surface area contributed by atoms with Gasteiger partial charge >= 0.3 is 0 Å². The quantitative estimate of drug-likeness (QED) is 0.728. The Morgan fingerprint density at radius 1 is 1.44 bits per heavy atom. The highest BCUT2D eigenvalue weighted by Crippen LogP contribution is 2.33. The largest absolute Gasteiger partial charge is 0.332 e. The average molecular weight is 243 g/mol. The normalized spacial score (nSPS) is 23.8. The van der Waals surface area contributed by atoms with E-state index in [2.05, 4.69) is 44.7 Å². The van der Waals surface area contributed by atoms with E-state index in [1.54, 1.807) is 0 Å². The molecule has 1 aliphatic heterocycles. The van der Waals surface area contributed by atoms with Crippen LogP contribution in [-0.4, -0.2) is 17.4 Å². The number of benzene rings is 1. The second-order valence-corrected chi connectivity index (χ2v) is 5.31. The molecule has 2 heteroatoms. The van der Waals surface area contributed by atoms with Crippen molar-refractivity contribution in [2.45, 2.75) is 32.7 Å². The number of aryl methyl sites for hydroxylation is 1. The van der Waals surface area contributed by atoms with Gasteiger partial charge in [-0.1, -0.05) is 43.3 Å². The Labute approximate surface area is 109 Å². The highest BCUT2D eigenvalue weighted by atomic mass is 16.2. The molecule has 0 spiro atoms. The van der Waals surface area contributed by atoms with Gasteiger partial charge in [0.05, 0.1) is 6.04 Å². The maximum absolute atomic E-state index is 12.0. The fourth-order valence-corrected chi connectivity index (χ4v) is 2.74. The number of likely N-dealkylation sites (tertiary alicyclic amines) is 1. The maximum atomic E-state index is 12.0. The van der Waals surface area contributed by atoms with E-state index in [1.807, 2.05) is 4.90 Å². The summed E-state index contributed by atoms with van der Waals surface area (Å²) >= 11 is 0. The smallest absolute Gasteiger partial charge is 0.246 e. The van der Waals surface area contributed by atoms with Gasteiger partial charge < -0.3 is 4.90 Å². The number of piperidine rings is 1. The standard InChI is InChI=1S/C16H21NO/c1-4-16(18)17-11-13(3)8-9-15(17)14-7-5-6-12(2)10-14/h4-7,10,13,15H,1,8-9,11H2,2-3H3/t13-,15+/m1/s1. The van der Waals surface area contributed by atoms with Gasteiger partial charge in [-0.05, 0) is 37.3 Å². The zero-order valence-electron chi connectivity index (χ0n) is 11.2. The zero-order valence-corrected chi connectivity index (χ0v) is 11.2. The van der Waals surface area contributed by atoms with Crippen LogP contribution in [0.5, 0.6) is 0 Å². The van der Waals surface area contributed by atoms with E-state index in [0.717, 1.165) is 13.0 Å². The molecule has 2 nitrogen and oxygen atoms in total. The lowest BCUT2D eigenvalue weighted by Crippen LogP contribution is -2.40. The van der Waals surface area contributed by atoms with Crippen molar-refractivity contribution in [1.82, 2.24) is 4.90 Å². The van der Waals surface area contributed by atoms with E-state index in [-0.39, 0.29) is 11.9 Å². The fourth-order valence-electron chi connectivity index (χ4n) is 2.74. The minimum atomic E-state index is 0.0491. The molecule has 0 bridgehead atoms. The molecule has 2 atom stereocenters. The monoisotopic (exact) mass is 243 g/mol. The van der Waals surface area contributed by atoms with Gasteiger partial charge in [0.1, 0.15) is 0 Å². The second-order valence-electron chi connectivity index (χ2n) is 5.31. The van der Waals surface area contributed by atoms with Crippen molar-refractivity contribution in [1.29, 1.82) is 0 Å². The van der Waals surface area contributed by atoms with Crippen LogP contribution in [0.15, 0.2) is 36.9 Å². The van der Waals surface area contributed by atoms with E-state index in [1.165, 1.54) is 23.6 Å². The van der Waals surface area contributed by atoms with Crippen LogP contribution in [0.25, 0.3) is 0 Å². The number of amides is 1. The second kappa shape index (κ2) is 5.38. The van der Waals surface area contributed by atoms with Crippen molar-refractivity contribution in [3.63, 3.8) is 0 Å². The van der Waals surface area contributed by atoms with Crippen molar-refractivity contribution in [3.8, 4) is 0 Å². The molecule has 0 N–H and O–H groups in total. The Kier molecular flexibility index (Phi) is 3.85. The SMILES string of the molecule is C=CC(=O)N1C[C@H](C)CC[C@H]1c1cccc(C)c1. The Morgan fingerprint density at radius 3 is 2.89 bits per heavy atom. The third-order valence-electron chi connectivity index (χ3n) is 3.70. The van der Waals surface area contributed by atoms with Crippen molar-refractivity contribution < 1.29 is 4.79 Å². The van der Waals surface area contributed by atoms with Gasteiger partial charge in [-0.25, -0.2) is 0 Å². The lowest BCUT2D eigenvalue weighted by molar-refractivity contribution is -0.130. The summed E-state index contributed by atoms with van der Waals surface area (Å²) in [5, 5.41) is 0. The molecule has 0 unspecified atom stereocenters. The molecule has 1 aliphatic rings. The summed E-state index contributed by atoms with van der Waals surface area (Å²) in [6.07, 6.45) is 3.66. The first-order chi connectivity index (χ1) is 8.61. The van der Waals surface area contributed by atoms with E-state index in [9.17, 15) is 4.79 Å². The summed E-state index contributed by atoms with van der Waals surface area (Å²) in [7, 11) is 0. The minimum absolute atomic E-state index is 0.0491. The molecule has 2 rings (SSSR count). The summed E-state index contributed by atoms with van der Waals surface area (Å²) in [5.74, 6) is 0.628. The van der Waals surface area contributed by atoms with Crippen LogP contribution in [0, 0.1) is 12.8 Å². The molecule has 1 amide bonds. The van der Waals surface area contributed by atoms with Crippen LogP contribution in [0.2, 0.25) is 0 Å². The third kappa shape index (κ3) is 2.63. The van der Waals surface area contributed by atoms with Gasteiger partial charge in [0.15, 0.2) is 0 Å². The van der Waals surface area contributed by atoms with Crippen LogP contribution < -0.4 is 0 Å². The van der Waals surface area contributed by atoms with Gasteiger partial charge in [0.2, 0.25) is 5.91 Å². The molecule has 1 aromatic rings. The Bertz CT molecular complexity index is 452. The van der Waals surface area contributed by atoms with E-state index < -0.39 is 0 Å². The van der Waals surface area contributed by atoms with Gasteiger partial charge in [0, 0.05) is 6.54 Å². The van der Waals surface area contributed by atoms with E-state index in [4.69, 9.17) is 0 Å². The van der Waals surface area contributed by atoms with Crippen LogP contribution in [0.3, 0.4) is 0 Å². The molecule has 1 saturated heterocycles. The predicted molar refractivity (Wildman–Crippen MR) is 74.2 cm³/mol. The first-order valence-electron chi connectivity index (χ1n) is 6.61. The number of rotatable bonds is 2. The predicted octanol–water partition coefficient (Wildman–Crippen LogP) is 3.48. The molecular weight excluding hydrogens is 222 g/mol. The fraction of sp³-hybridized carbons (Fsp3) is 0.438. The molecular formula is C16H21NO. The molecule has 96 valence electrons. The van der Waals surface area contributed by atoms with Crippen LogP contribution in [0.1, 0.15) is 36.9 Å². The number of nitrogens with zero attached hydrogens (tertiary/aromatic N) is 1. The highest BCUT2D eigenvalue weighted by Gasteiger charge is 2.29. The molecule has 1 fully saturated rings. The van der Waals surface area contributed by atoms with Gasteiger partial charge in [-0.2, -0.15) is 0 Å². The zero-order chi connectivity index (χ0) is 13.1. The van der Waals surface area contributed by atoms with Crippen molar-refractivity contribution in [2.75, 3.05) is 6.54 Å². The summed E-state index contributed by atoms with van der Waals surface area (Å²) in [5.41, 5.74) is 2.49. The van der Waals surface area contributed by atoms with Crippen molar-refractivity contribution in [3.05, 3.63) is 48.0 Å². The maximum Gasteiger partial charge on any atom is 0.246 e. The molecule has 0 saturated carbocycles. The summed E-state index contributed by atoms with van der Waals surface area (Å²) in [6.45, 7) is 8.75. The van der Waals surface area contributed by atoms with Crippen LogP contribution in [-0.2, 0) is 4.79 Å². The number of carbonyl (C=O) groups is 1. The van der Waals surface area contributed by atoms with Crippen LogP contribution in [0.4, 0.5) is 0 Å². The van der Waals surface area contributed by atoms with Crippen molar-refractivity contribution in [2.24, 2.45) is 5.92 Å². The molecule has 18 heavy (non-hydrogen) atoms. The summed E-state index contributed by atoms with van der Waals surface area (Å²) in [6, 6.07) is 8.68. The Hall–Kier alpha value is -1.57. The topological polar surface area (TPSA) is 20.3 Å². The lowest BCUT2D eigenvalue weighted by atomic mass is 9.89. The highest BCUT2D eigenvalue weighted by molar-refractivity contribution is 5.87. The first-order valence-corrected chi connectivity index (χ1v) is 6.61. The van der Waals surface area contributed by atoms with Gasteiger partial charge in [0.25, 0.3) is 0 Å². The van der Waals surface area contributed by atoms with E-state index >= 15 is 0 Å². The molecule has 0 aromatic heterocycles. The molecule has 1 aromatic carbocycles. The number of hydrogen-bond acceptors (Lipinski definition) is 1. The summed E-state index contributed by atoms with van der Waals surface area (Å²) < 4.78 is 0. The Balaban J connectivity index is 2.28. The van der Waals surface area contributed by atoms with Gasteiger partial charge in [-0.15, -0.1) is 0 Å². The van der Waals surface area contributed by atoms with E-state index in [0.29, 0.717) is 5.92 Å². The Morgan fingerprint density at radius 2 is 2.22 bits per heavy atom. The third-order valence-corrected chi connectivity index (χ3v) is 3.70. The first kappa shape index (κ1) is 12.9. The minimum Gasteiger partial charge on any atom is -0.332 e. The number of carbonyl (C=O) groups excluding carboxylic acids is 1.